The van der Waals surface area contributed by atoms with Crippen LogP contribution in [0.1, 0.15) is 49.3 Å². The molecule has 1 heterocycles. The van der Waals surface area contributed by atoms with Crippen molar-refractivity contribution in [2.75, 3.05) is 19.6 Å². The second-order valence-corrected chi connectivity index (χ2v) is 8.66. The highest BCUT2D eigenvalue weighted by molar-refractivity contribution is 9.10. The lowest BCUT2D eigenvalue weighted by atomic mass is 10.1. The molecule has 6 nitrogen and oxygen atoms in total. The topological polar surface area (TPSA) is 67.2 Å². The number of hydrogen-bond donors (Lipinski definition) is 1. The van der Waals surface area contributed by atoms with Crippen LogP contribution in [0.4, 0.5) is 0 Å². The number of unbranched alkanes of at least 4 members (excludes halogenated alkanes) is 2. The molecule has 0 saturated heterocycles. The monoisotopic (exact) mass is 498 g/mol. The molecule has 7 heteroatoms. The fraction of sp³-hybridized carbons (Fsp3) is 0.400. The Balaban J connectivity index is 1.52. The SMILES string of the molecule is CCN(CC)C(=O)Cn1c(CCCCCNC(=O)c2ccc(Br)cc2)nc2ccccc21. The van der Waals surface area contributed by atoms with Gasteiger partial charge in [-0.2, -0.15) is 0 Å². The molecule has 0 radical (unpaired) electrons. The number of carbonyl (C=O) groups is 2. The molecule has 0 aliphatic rings. The molecule has 0 unspecified atom stereocenters. The number of hydrogen-bond acceptors (Lipinski definition) is 3. The largest absolute Gasteiger partial charge is 0.352 e. The van der Waals surface area contributed by atoms with Crippen molar-refractivity contribution in [1.82, 2.24) is 19.8 Å². The van der Waals surface area contributed by atoms with Crippen molar-refractivity contribution >= 4 is 38.8 Å². The van der Waals surface area contributed by atoms with Gasteiger partial charge in [0, 0.05) is 36.1 Å². The molecule has 2 amide bonds. The van der Waals surface area contributed by atoms with E-state index in [0.717, 1.165) is 47.0 Å². The van der Waals surface area contributed by atoms with Gasteiger partial charge in [-0.1, -0.05) is 34.5 Å². The van der Waals surface area contributed by atoms with Crippen molar-refractivity contribution in [1.29, 1.82) is 0 Å². The molecule has 1 N–H and O–H groups in total. The summed E-state index contributed by atoms with van der Waals surface area (Å²) >= 11 is 3.38. The maximum absolute atomic E-state index is 12.7. The molecule has 1 aromatic heterocycles. The average molecular weight is 499 g/mol. The average Bonchev–Trinajstić information content (AvgIpc) is 3.14. The summed E-state index contributed by atoms with van der Waals surface area (Å²) in [6, 6.07) is 15.3. The molecule has 170 valence electrons. The van der Waals surface area contributed by atoms with Gasteiger partial charge in [-0.05, 0) is 63.1 Å². The predicted molar refractivity (Wildman–Crippen MR) is 132 cm³/mol. The first-order valence-electron chi connectivity index (χ1n) is 11.3. The summed E-state index contributed by atoms with van der Waals surface area (Å²) in [6.45, 7) is 6.40. The normalized spacial score (nSPS) is 11.0. The van der Waals surface area contributed by atoms with Crippen LogP contribution in [0, 0.1) is 0 Å². The molecule has 0 atom stereocenters. The minimum Gasteiger partial charge on any atom is -0.352 e. The lowest BCUT2D eigenvalue weighted by Gasteiger charge is -2.20. The highest BCUT2D eigenvalue weighted by Gasteiger charge is 2.16. The molecule has 0 aliphatic heterocycles. The first kappa shape index (κ1) is 24.0. The number of nitrogens with one attached hydrogen (secondary N) is 1. The van der Waals surface area contributed by atoms with E-state index in [2.05, 4.69) is 25.8 Å². The Morgan fingerprint density at radius 3 is 2.44 bits per heavy atom. The molecule has 0 fully saturated rings. The quantitative estimate of drug-likeness (QED) is 0.385. The fourth-order valence-electron chi connectivity index (χ4n) is 3.79. The van der Waals surface area contributed by atoms with Crippen molar-refractivity contribution in [3.8, 4) is 0 Å². The van der Waals surface area contributed by atoms with E-state index in [1.54, 1.807) is 0 Å². The van der Waals surface area contributed by atoms with E-state index in [4.69, 9.17) is 4.98 Å². The first-order valence-corrected chi connectivity index (χ1v) is 12.1. The highest BCUT2D eigenvalue weighted by Crippen LogP contribution is 2.18. The molecule has 32 heavy (non-hydrogen) atoms. The lowest BCUT2D eigenvalue weighted by molar-refractivity contribution is -0.131. The van der Waals surface area contributed by atoms with Gasteiger partial charge in [-0.3, -0.25) is 9.59 Å². The van der Waals surface area contributed by atoms with Gasteiger partial charge in [0.15, 0.2) is 0 Å². The summed E-state index contributed by atoms with van der Waals surface area (Å²) < 4.78 is 3.02. The van der Waals surface area contributed by atoms with E-state index < -0.39 is 0 Å². The van der Waals surface area contributed by atoms with Gasteiger partial charge in [-0.15, -0.1) is 0 Å². The maximum Gasteiger partial charge on any atom is 0.251 e. The Morgan fingerprint density at radius 1 is 1.00 bits per heavy atom. The number of fused-ring (bicyclic) bond motifs is 1. The Hall–Kier alpha value is -2.67. The summed E-state index contributed by atoms with van der Waals surface area (Å²) in [4.78, 5) is 31.5. The molecular weight excluding hydrogens is 468 g/mol. The lowest BCUT2D eigenvalue weighted by Crippen LogP contribution is -2.33. The van der Waals surface area contributed by atoms with Crippen LogP contribution in [0.2, 0.25) is 0 Å². The van der Waals surface area contributed by atoms with Crippen LogP contribution in [0.25, 0.3) is 11.0 Å². The van der Waals surface area contributed by atoms with Crippen molar-refractivity contribution < 1.29 is 9.59 Å². The van der Waals surface area contributed by atoms with Gasteiger partial charge < -0.3 is 14.8 Å². The first-order chi connectivity index (χ1) is 15.5. The van der Waals surface area contributed by atoms with Gasteiger partial charge in [0.05, 0.1) is 11.0 Å². The summed E-state index contributed by atoms with van der Waals surface area (Å²) in [6.07, 6.45) is 3.65. The van der Waals surface area contributed by atoms with Gasteiger partial charge in [0.25, 0.3) is 5.91 Å². The van der Waals surface area contributed by atoms with Crippen molar-refractivity contribution in [2.24, 2.45) is 0 Å². The number of rotatable bonds is 11. The number of halogens is 1. The third-order valence-electron chi connectivity index (χ3n) is 5.61. The third kappa shape index (κ3) is 6.19. The number of amides is 2. The van der Waals surface area contributed by atoms with E-state index in [9.17, 15) is 9.59 Å². The Morgan fingerprint density at radius 2 is 1.72 bits per heavy atom. The number of imidazole rings is 1. The number of para-hydroxylation sites is 2. The van der Waals surface area contributed by atoms with E-state index in [1.165, 1.54) is 0 Å². The molecule has 3 aromatic rings. The van der Waals surface area contributed by atoms with Gasteiger partial charge in [-0.25, -0.2) is 4.98 Å². The molecule has 0 bridgehead atoms. The second-order valence-electron chi connectivity index (χ2n) is 7.74. The Bertz CT molecular complexity index is 1040. The van der Waals surface area contributed by atoms with E-state index >= 15 is 0 Å². The van der Waals surface area contributed by atoms with Gasteiger partial charge >= 0.3 is 0 Å². The summed E-state index contributed by atoms with van der Waals surface area (Å²) in [5.41, 5.74) is 2.60. The van der Waals surface area contributed by atoms with E-state index in [-0.39, 0.29) is 11.8 Å². The van der Waals surface area contributed by atoms with Gasteiger partial charge in [0.2, 0.25) is 5.91 Å². The van der Waals surface area contributed by atoms with Crippen LogP contribution >= 0.6 is 15.9 Å². The Kier molecular flexibility index (Phi) is 8.85. The van der Waals surface area contributed by atoms with Gasteiger partial charge in [0.1, 0.15) is 12.4 Å². The Labute approximate surface area is 198 Å². The third-order valence-corrected chi connectivity index (χ3v) is 6.14. The number of nitrogens with zero attached hydrogens (tertiary/aromatic N) is 3. The number of aromatic nitrogens is 2. The van der Waals surface area contributed by atoms with E-state index in [1.807, 2.05) is 67.3 Å². The molecule has 0 aliphatic carbocycles. The summed E-state index contributed by atoms with van der Waals surface area (Å²) in [7, 11) is 0. The number of benzene rings is 2. The van der Waals surface area contributed by atoms with Crippen molar-refractivity contribution in [3.05, 3.63) is 64.4 Å². The summed E-state index contributed by atoms with van der Waals surface area (Å²) in [5, 5.41) is 2.98. The molecule has 2 aromatic carbocycles. The van der Waals surface area contributed by atoms with Crippen LogP contribution in [-0.2, 0) is 17.8 Å². The highest BCUT2D eigenvalue weighted by atomic mass is 79.9. The molecular formula is C25H31BrN4O2. The van der Waals surface area contributed by atoms with Crippen LogP contribution in [-0.4, -0.2) is 45.9 Å². The summed E-state index contributed by atoms with van der Waals surface area (Å²) in [5.74, 6) is 1.02. The number of carbonyl (C=O) groups excluding carboxylic acids is 2. The molecule has 3 rings (SSSR count). The van der Waals surface area contributed by atoms with Crippen LogP contribution in [0.5, 0.6) is 0 Å². The standard InChI is InChI=1S/C25H31BrN4O2/c1-3-29(4-2)24(31)18-30-22-11-8-7-10-21(22)28-23(30)12-6-5-9-17-27-25(32)19-13-15-20(26)16-14-19/h7-8,10-11,13-16H,3-6,9,12,17-18H2,1-2H3,(H,27,32). The minimum absolute atomic E-state index is 0.0470. The zero-order valence-electron chi connectivity index (χ0n) is 18.8. The fourth-order valence-corrected chi connectivity index (χ4v) is 4.06. The predicted octanol–water partition coefficient (Wildman–Crippen LogP) is 4.81. The van der Waals surface area contributed by atoms with Crippen LogP contribution in [0.3, 0.4) is 0 Å². The van der Waals surface area contributed by atoms with Crippen molar-refractivity contribution in [3.63, 3.8) is 0 Å². The maximum atomic E-state index is 12.7. The number of aryl methyl sites for hydroxylation is 1. The van der Waals surface area contributed by atoms with Crippen LogP contribution in [0.15, 0.2) is 53.0 Å². The zero-order chi connectivity index (χ0) is 22.9. The number of likely N-dealkylation sites (N-methyl/N-ethyl adjacent to an activating group) is 1. The molecule has 0 saturated carbocycles. The zero-order valence-corrected chi connectivity index (χ0v) is 20.4. The second kappa shape index (κ2) is 11.8. The van der Waals surface area contributed by atoms with Crippen molar-refractivity contribution in [2.45, 2.75) is 46.1 Å². The minimum atomic E-state index is -0.0470. The smallest absolute Gasteiger partial charge is 0.251 e. The van der Waals surface area contributed by atoms with E-state index in [0.29, 0.717) is 31.7 Å². The van der Waals surface area contributed by atoms with Crippen LogP contribution < -0.4 is 5.32 Å². The molecule has 0 spiro atoms.